The summed E-state index contributed by atoms with van der Waals surface area (Å²) in [5.74, 6) is 0. The molecule has 0 amide bonds. The fourth-order valence-corrected chi connectivity index (χ4v) is 4.10. The predicted octanol–water partition coefficient (Wildman–Crippen LogP) is 4.56. The molecular weight excluding hydrogens is 306 g/mol. The Morgan fingerprint density at radius 3 is 2.95 bits per heavy atom. The second kappa shape index (κ2) is 5.83. The second-order valence-corrected chi connectivity index (χ2v) is 7.35. The van der Waals surface area contributed by atoms with Crippen LogP contribution < -0.4 is 5.32 Å². The third-order valence-electron chi connectivity index (χ3n) is 2.78. The maximum Gasteiger partial charge on any atom is 0.150 e. The van der Waals surface area contributed by atoms with Crippen LogP contribution in [-0.4, -0.2) is 11.2 Å². The number of thioether (sulfide) groups is 1. The molecule has 20 heavy (non-hydrogen) atoms. The third-order valence-corrected chi connectivity index (χ3v) is 5.78. The minimum Gasteiger partial charge on any atom is -0.380 e. The van der Waals surface area contributed by atoms with Gasteiger partial charge < -0.3 is 5.32 Å². The van der Waals surface area contributed by atoms with Crippen molar-refractivity contribution in [1.82, 2.24) is 4.98 Å². The number of rotatable bonds is 4. The zero-order chi connectivity index (χ0) is 13.9. The number of anilines is 1. The number of aromatic nitrogens is 1. The number of fused-ring (bicyclic) bond motifs is 1. The molecule has 0 fully saturated rings. The van der Waals surface area contributed by atoms with E-state index in [1.54, 1.807) is 23.1 Å². The maximum absolute atomic E-state index is 8.81. The zero-order valence-electron chi connectivity index (χ0n) is 10.7. The second-order valence-electron chi connectivity index (χ2n) is 4.10. The van der Waals surface area contributed by atoms with E-state index >= 15 is 0 Å². The highest BCUT2D eigenvalue weighted by atomic mass is 32.2. The summed E-state index contributed by atoms with van der Waals surface area (Å²) in [6, 6.07) is 12.2. The van der Waals surface area contributed by atoms with Crippen molar-refractivity contribution in [2.75, 3.05) is 11.6 Å². The Balaban J connectivity index is 1.75. The van der Waals surface area contributed by atoms with Gasteiger partial charge in [0.2, 0.25) is 0 Å². The maximum atomic E-state index is 8.81. The molecule has 0 radical (unpaired) electrons. The average Bonchev–Trinajstić information content (AvgIpc) is 3.10. The van der Waals surface area contributed by atoms with Crippen LogP contribution in [0.5, 0.6) is 0 Å². The van der Waals surface area contributed by atoms with Crippen molar-refractivity contribution >= 4 is 50.3 Å². The quantitative estimate of drug-likeness (QED) is 0.716. The number of thiazole rings is 1. The van der Waals surface area contributed by atoms with Crippen molar-refractivity contribution in [3.05, 3.63) is 40.1 Å². The summed E-state index contributed by atoms with van der Waals surface area (Å²) in [6.07, 6.45) is 2.04. The van der Waals surface area contributed by atoms with Crippen molar-refractivity contribution in [1.29, 1.82) is 5.26 Å². The number of thiophene rings is 1. The molecule has 0 aliphatic heterocycles. The molecule has 0 unspecified atom stereocenters. The molecule has 2 heterocycles. The summed E-state index contributed by atoms with van der Waals surface area (Å²) < 4.78 is 2.29. The lowest BCUT2D eigenvalue weighted by Gasteiger charge is -2.04. The Bertz CT molecular complexity index is 782. The average molecular weight is 317 g/mol. The van der Waals surface area contributed by atoms with Gasteiger partial charge in [0.1, 0.15) is 10.9 Å². The highest BCUT2D eigenvalue weighted by molar-refractivity contribution is 8.00. The molecule has 0 bridgehead atoms. The molecule has 2 aromatic heterocycles. The van der Waals surface area contributed by atoms with Crippen LogP contribution in [0.3, 0.4) is 0 Å². The van der Waals surface area contributed by atoms with Crippen molar-refractivity contribution < 1.29 is 0 Å². The first-order chi connectivity index (χ1) is 9.78. The van der Waals surface area contributed by atoms with E-state index in [9.17, 15) is 0 Å². The fourth-order valence-electron chi connectivity index (χ4n) is 1.82. The van der Waals surface area contributed by atoms with Crippen LogP contribution >= 0.6 is 34.4 Å². The Morgan fingerprint density at radius 1 is 1.30 bits per heavy atom. The van der Waals surface area contributed by atoms with Gasteiger partial charge in [-0.1, -0.05) is 11.8 Å². The predicted molar refractivity (Wildman–Crippen MR) is 87.8 cm³/mol. The van der Waals surface area contributed by atoms with E-state index in [0.717, 1.165) is 31.8 Å². The lowest BCUT2D eigenvalue weighted by Crippen LogP contribution is -1.96. The highest BCUT2D eigenvalue weighted by Crippen LogP contribution is 2.30. The molecule has 0 aliphatic carbocycles. The van der Waals surface area contributed by atoms with Crippen LogP contribution in [0.1, 0.15) is 9.75 Å². The van der Waals surface area contributed by atoms with E-state index < -0.39 is 0 Å². The van der Waals surface area contributed by atoms with Crippen LogP contribution in [0.15, 0.2) is 34.7 Å². The molecule has 0 saturated carbocycles. The van der Waals surface area contributed by atoms with E-state index in [-0.39, 0.29) is 0 Å². The summed E-state index contributed by atoms with van der Waals surface area (Å²) in [4.78, 5) is 6.44. The molecule has 0 spiro atoms. The molecule has 0 saturated heterocycles. The van der Waals surface area contributed by atoms with Gasteiger partial charge in [-0.3, -0.25) is 0 Å². The molecule has 0 aliphatic rings. The molecular formula is C14H11N3S3. The lowest BCUT2D eigenvalue weighted by atomic mass is 10.3. The number of nitriles is 1. The van der Waals surface area contributed by atoms with E-state index in [0.29, 0.717) is 0 Å². The van der Waals surface area contributed by atoms with Crippen molar-refractivity contribution in [2.24, 2.45) is 0 Å². The Morgan fingerprint density at radius 2 is 2.20 bits per heavy atom. The SMILES string of the molecule is CSc1nc2ccc(NCc3ccc(C#N)s3)cc2s1. The Kier molecular flexibility index (Phi) is 3.92. The summed E-state index contributed by atoms with van der Waals surface area (Å²) in [5, 5.41) is 12.2. The molecule has 3 rings (SSSR count). The van der Waals surface area contributed by atoms with Crippen molar-refractivity contribution in [3.63, 3.8) is 0 Å². The van der Waals surface area contributed by atoms with Crippen molar-refractivity contribution in [2.45, 2.75) is 10.9 Å². The van der Waals surface area contributed by atoms with Crippen LogP contribution in [0, 0.1) is 11.3 Å². The molecule has 1 aromatic carbocycles. The van der Waals surface area contributed by atoms with E-state index in [1.165, 1.54) is 16.0 Å². The molecule has 6 heteroatoms. The first kappa shape index (κ1) is 13.4. The number of nitrogens with one attached hydrogen (secondary N) is 1. The molecule has 3 aromatic rings. The minimum absolute atomic E-state index is 0.742. The van der Waals surface area contributed by atoms with E-state index in [1.807, 2.05) is 30.5 Å². The van der Waals surface area contributed by atoms with Gasteiger partial charge in [-0.25, -0.2) is 4.98 Å². The van der Waals surface area contributed by atoms with Gasteiger partial charge in [0.15, 0.2) is 4.34 Å². The third kappa shape index (κ3) is 2.80. The first-order valence-electron chi connectivity index (χ1n) is 5.96. The Hall–Kier alpha value is -1.55. The summed E-state index contributed by atoms with van der Waals surface area (Å²) >= 11 is 4.91. The number of benzene rings is 1. The van der Waals surface area contributed by atoms with Gasteiger partial charge in [-0.15, -0.1) is 22.7 Å². The normalized spacial score (nSPS) is 10.6. The largest absolute Gasteiger partial charge is 0.380 e. The van der Waals surface area contributed by atoms with Gasteiger partial charge in [0.05, 0.1) is 10.2 Å². The topological polar surface area (TPSA) is 48.7 Å². The van der Waals surface area contributed by atoms with Crippen LogP contribution in [0.4, 0.5) is 5.69 Å². The summed E-state index contributed by atoms with van der Waals surface area (Å²) in [5.41, 5.74) is 2.13. The van der Waals surface area contributed by atoms with E-state index in [2.05, 4.69) is 22.4 Å². The number of hydrogen-bond acceptors (Lipinski definition) is 6. The molecule has 3 nitrogen and oxygen atoms in total. The summed E-state index contributed by atoms with van der Waals surface area (Å²) in [7, 11) is 0. The van der Waals surface area contributed by atoms with E-state index in [4.69, 9.17) is 5.26 Å². The number of hydrogen-bond donors (Lipinski definition) is 1. The Labute approximate surface area is 129 Å². The number of nitrogens with zero attached hydrogens (tertiary/aromatic N) is 2. The van der Waals surface area contributed by atoms with Gasteiger partial charge in [-0.05, 0) is 36.6 Å². The van der Waals surface area contributed by atoms with Gasteiger partial charge in [0.25, 0.3) is 0 Å². The molecule has 1 N–H and O–H groups in total. The van der Waals surface area contributed by atoms with Crippen LogP contribution in [-0.2, 0) is 6.54 Å². The van der Waals surface area contributed by atoms with Crippen LogP contribution in [0.25, 0.3) is 10.2 Å². The lowest BCUT2D eigenvalue weighted by molar-refractivity contribution is 1.19. The first-order valence-corrected chi connectivity index (χ1v) is 8.81. The van der Waals surface area contributed by atoms with Gasteiger partial charge in [0, 0.05) is 17.1 Å². The zero-order valence-corrected chi connectivity index (χ0v) is 13.2. The minimum atomic E-state index is 0.742. The van der Waals surface area contributed by atoms with Gasteiger partial charge in [-0.2, -0.15) is 5.26 Å². The van der Waals surface area contributed by atoms with Crippen molar-refractivity contribution in [3.8, 4) is 6.07 Å². The van der Waals surface area contributed by atoms with Crippen LogP contribution in [0.2, 0.25) is 0 Å². The monoisotopic (exact) mass is 317 g/mol. The smallest absolute Gasteiger partial charge is 0.150 e. The fraction of sp³-hybridized carbons (Fsp3) is 0.143. The summed E-state index contributed by atoms with van der Waals surface area (Å²) in [6.45, 7) is 0.742. The highest BCUT2D eigenvalue weighted by Gasteiger charge is 2.04. The standard InChI is InChI=1S/C14H11N3S3/c1-18-14-17-12-5-2-9(6-13(12)20-14)16-8-11-4-3-10(7-15)19-11/h2-6,16H,8H2,1H3. The van der Waals surface area contributed by atoms with Gasteiger partial charge >= 0.3 is 0 Å². The molecule has 100 valence electrons. The molecule has 0 atom stereocenters.